The van der Waals surface area contributed by atoms with Crippen molar-refractivity contribution < 1.29 is 14.5 Å². The van der Waals surface area contributed by atoms with E-state index in [-0.39, 0.29) is 17.5 Å². The molecule has 4 rings (SSSR count). The number of hydrogen-bond acceptors (Lipinski definition) is 6. The van der Waals surface area contributed by atoms with Gasteiger partial charge in [-0.05, 0) is 11.1 Å². The highest BCUT2D eigenvalue weighted by Crippen LogP contribution is 2.38. The van der Waals surface area contributed by atoms with Crippen LogP contribution in [-0.4, -0.2) is 27.8 Å². The molecule has 8 nitrogen and oxygen atoms in total. The van der Waals surface area contributed by atoms with Crippen LogP contribution in [0.3, 0.4) is 0 Å². The molecule has 2 N–H and O–H groups in total. The summed E-state index contributed by atoms with van der Waals surface area (Å²) < 4.78 is 0. The van der Waals surface area contributed by atoms with Crippen LogP contribution in [0.2, 0.25) is 0 Å². The number of nitrogens with zero attached hydrogens (tertiary/aromatic N) is 2. The first-order valence-corrected chi connectivity index (χ1v) is 8.20. The molecule has 2 aliphatic rings. The minimum Gasteiger partial charge on any atom is -0.295 e. The van der Waals surface area contributed by atoms with Crippen LogP contribution in [0.1, 0.15) is 17.2 Å². The Morgan fingerprint density at radius 3 is 2.54 bits per heavy atom. The molecule has 0 saturated carbocycles. The van der Waals surface area contributed by atoms with Crippen LogP contribution in [0.4, 0.5) is 5.69 Å². The van der Waals surface area contributed by atoms with Crippen LogP contribution >= 0.6 is 0 Å². The minimum absolute atomic E-state index is 0.0490. The van der Waals surface area contributed by atoms with E-state index in [0.717, 1.165) is 5.56 Å². The van der Waals surface area contributed by atoms with Gasteiger partial charge in [0.1, 0.15) is 6.04 Å². The Labute approximate surface area is 148 Å². The third-order valence-electron chi connectivity index (χ3n) is 4.79. The molecule has 0 spiro atoms. The maximum Gasteiger partial charge on any atom is 0.269 e. The number of fused-ring (bicyclic) bond motifs is 1. The minimum atomic E-state index is -0.646. The highest BCUT2D eigenvalue weighted by molar-refractivity contribution is 6.07. The highest BCUT2D eigenvalue weighted by Gasteiger charge is 2.54. The van der Waals surface area contributed by atoms with Gasteiger partial charge in [-0.15, -0.1) is 0 Å². The molecule has 3 atom stereocenters. The SMILES string of the molecule is O=C1NC(=O)[C@@H]2[C@H]1[C@@H](c1cccc([N+](=O)[O-])c1)NN2Cc1ccccc1. The van der Waals surface area contributed by atoms with E-state index in [9.17, 15) is 19.7 Å². The fraction of sp³-hybridized carbons (Fsp3) is 0.222. The van der Waals surface area contributed by atoms with Crippen LogP contribution < -0.4 is 10.7 Å². The van der Waals surface area contributed by atoms with Gasteiger partial charge >= 0.3 is 0 Å². The van der Waals surface area contributed by atoms with Crippen molar-refractivity contribution in [2.24, 2.45) is 5.92 Å². The second-order valence-corrected chi connectivity index (χ2v) is 6.40. The number of nitrogens with one attached hydrogen (secondary N) is 2. The first-order chi connectivity index (χ1) is 12.5. The number of carbonyl (C=O) groups excluding carboxylic acids is 2. The lowest BCUT2D eigenvalue weighted by molar-refractivity contribution is -0.384. The number of rotatable bonds is 4. The molecule has 2 aromatic rings. The Balaban J connectivity index is 1.68. The predicted octanol–water partition coefficient (Wildman–Crippen LogP) is 1.30. The topological polar surface area (TPSA) is 105 Å². The number of amides is 2. The van der Waals surface area contributed by atoms with E-state index in [2.05, 4.69) is 10.7 Å². The Kier molecular flexibility index (Phi) is 3.98. The van der Waals surface area contributed by atoms with Crippen molar-refractivity contribution in [3.8, 4) is 0 Å². The molecule has 0 bridgehead atoms. The summed E-state index contributed by atoms with van der Waals surface area (Å²) in [7, 11) is 0. The number of carbonyl (C=O) groups is 2. The van der Waals surface area contributed by atoms with Gasteiger partial charge in [-0.2, -0.15) is 0 Å². The van der Waals surface area contributed by atoms with Crippen LogP contribution in [0.25, 0.3) is 0 Å². The summed E-state index contributed by atoms with van der Waals surface area (Å²) in [6.07, 6.45) is 0. The van der Waals surface area contributed by atoms with Gasteiger partial charge in [0.2, 0.25) is 11.8 Å². The van der Waals surface area contributed by atoms with Crippen LogP contribution in [0.15, 0.2) is 54.6 Å². The second kappa shape index (κ2) is 6.32. The van der Waals surface area contributed by atoms with Gasteiger partial charge in [0, 0.05) is 18.7 Å². The van der Waals surface area contributed by atoms with E-state index in [1.165, 1.54) is 12.1 Å². The summed E-state index contributed by atoms with van der Waals surface area (Å²) in [5.74, 6) is -1.34. The van der Waals surface area contributed by atoms with Crippen LogP contribution in [0.5, 0.6) is 0 Å². The molecule has 2 fully saturated rings. The molecule has 0 unspecified atom stereocenters. The van der Waals surface area contributed by atoms with Crippen LogP contribution in [-0.2, 0) is 16.1 Å². The summed E-state index contributed by atoms with van der Waals surface area (Å²) in [4.78, 5) is 35.2. The molecule has 2 aromatic carbocycles. The first kappa shape index (κ1) is 16.4. The Hall–Kier alpha value is -3.10. The van der Waals surface area contributed by atoms with E-state index < -0.39 is 22.9 Å². The zero-order valence-electron chi connectivity index (χ0n) is 13.7. The van der Waals surface area contributed by atoms with Crippen molar-refractivity contribution in [2.45, 2.75) is 18.6 Å². The number of hydrazine groups is 1. The molecular formula is C18H16N4O4. The number of nitro benzene ring substituents is 1. The summed E-state index contributed by atoms with van der Waals surface area (Å²) in [6, 6.07) is 14.6. The molecule has 2 heterocycles. The monoisotopic (exact) mass is 352 g/mol. The molecule has 132 valence electrons. The van der Waals surface area contributed by atoms with Gasteiger partial charge in [0.05, 0.1) is 16.9 Å². The smallest absolute Gasteiger partial charge is 0.269 e. The number of benzene rings is 2. The fourth-order valence-corrected chi connectivity index (χ4v) is 3.63. The van der Waals surface area contributed by atoms with E-state index in [1.807, 2.05) is 30.3 Å². The fourth-order valence-electron chi connectivity index (χ4n) is 3.63. The molecular weight excluding hydrogens is 336 g/mol. The molecule has 8 heteroatoms. The summed E-state index contributed by atoms with van der Waals surface area (Å²) in [6.45, 7) is 0.439. The number of nitro groups is 1. The van der Waals surface area contributed by atoms with Gasteiger partial charge in [0.15, 0.2) is 0 Å². The molecule has 0 aliphatic carbocycles. The summed E-state index contributed by atoms with van der Waals surface area (Å²) in [5, 5.41) is 15.2. The third-order valence-corrected chi connectivity index (χ3v) is 4.79. The molecule has 0 aromatic heterocycles. The van der Waals surface area contributed by atoms with Crippen molar-refractivity contribution in [2.75, 3.05) is 0 Å². The van der Waals surface area contributed by atoms with Crippen LogP contribution in [0, 0.1) is 16.0 Å². The Bertz CT molecular complexity index is 886. The van der Waals surface area contributed by atoms with Gasteiger partial charge in [-0.3, -0.25) is 25.0 Å². The average Bonchev–Trinajstić information content (AvgIpc) is 3.15. The van der Waals surface area contributed by atoms with Crippen molar-refractivity contribution >= 4 is 17.5 Å². The lowest BCUT2D eigenvalue weighted by atomic mass is 9.90. The number of non-ortho nitro benzene ring substituents is 1. The highest BCUT2D eigenvalue weighted by atomic mass is 16.6. The lowest BCUT2D eigenvalue weighted by Gasteiger charge is -2.22. The Morgan fingerprint density at radius 1 is 1.04 bits per heavy atom. The lowest BCUT2D eigenvalue weighted by Crippen LogP contribution is -2.43. The number of hydrogen-bond donors (Lipinski definition) is 2. The standard InChI is InChI=1S/C18H16N4O4/c23-17-14-15(12-7-4-8-13(9-12)22(25)26)20-21(16(14)18(24)19-17)10-11-5-2-1-3-6-11/h1-9,14-16,20H,10H2,(H,19,23,24)/t14-,15-,16+/m1/s1. The van der Waals surface area contributed by atoms with Gasteiger partial charge in [0.25, 0.3) is 5.69 Å². The second-order valence-electron chi connectivity index (χ2n) is 6.40. The average molecular weight is 352 g/mol. The number of imide groups is 1. The van der Waals surface area contributed by atoms with Crippen molar-refractivity contribution in [1.82, 2.24) is 15.8 Å². The third kappa shape index (κ3) is 2.75. The summed E-state index contributed by atoms with van der Waals surface area (Å²) in [5.41, 5.74) is 4.76. The van der Waals surface area contributed by atoms with Gasteiger partial charge < -0.3 is 0 Å². The van der Waals surface area contributed by atoms with E-state index >= 15 is 0 Å². The zero-order valence-corrected chi connectivity index (χ0v) is 13.7. The van der Waals surface area contributed by atoms with E-state index in [1.54, 1.807) is 17.1 Å². The largest absolute Gasteiger partial charge is 0.295 e. The molecule has 2 aliphatic heterocycles. The Morgan fingerprint density at radius 2 is 1.81 bits per heavy atom. The predicted molar refractivity (Wildman–Crippen MR) is 91.4 cm³/mol. The normalized spacial score (nSPS) is 25.2. The summed E-state index contributed by atoms with van der Waals surface area (Å²) >= 11 is 0. The molecule has 0 radical (unpaired) electrons. The van der Waals surface area contributed by atoms with Gasteiger partial charge in [-0.25, -0.2) is 10.4 Å². The molecule has 2 amide bonds. The zero-order chi connectivity index (χ0) is 18.3. The first-order valence-electron chi connectivity index (χ1n) is 8.20. The van der Waals surface area contributed by atoms with Crippen molar-refractivity contribution in [3.63, 3.8) is 0 Å². The van der Waals surface area contributed by atoms with Gasteiger partial charge in [-0.1, -0.05) is 42.5 Å². The molecule has 2 saturated heterocycles. The van der Waals surface area contributed by atoms with E-state index in [4.69, 9.17) is 0 Å². The quantitative estimate of drug-likeness (QED) is 0.488. The van der Waals surface area contributed by atoms with Crippen molar-refractivity contribution in [3.05, 3.63) is 75.8 Å². The maximum atomic E-state index is 12.3. The van der Waals surface area contributed by atoms with E-state index in [0.29, 0.717) is 12.1 Å². The maximum absolute atomic E-state index is 12.3. The molecule has 26 heavy (non-hydrogen) atoms. The van der Waals surface area contributed by atoms with Crippen molar-refractivity contribution in [1.29, 1.82) is 0 Å².